The number of nitrogens with one attached hydrogen (secondary N) is 2. The Bertz CT molecular complexity index is 641. The van der Waals surface area contributed by atoms with Crippen LogP contribution in [-0.4, -0.2) is 30.1 Å². The summed E-state index contributed by atoms with van der Waals surface area (Å²) in [6.07, 6.45) is 1.58. The molecule has 0 saturated heterocycles. The summed E-state index contributed by atoms with van der Waals surface area (Å²) in [5.74, 6) is 0.530. The van der Waals surface area contributed by atoms with Gasteiger partial charge in [0.15, 0.2) is 0 Å². The molecule has 0 unspecified atom stereocenters. The number of benzene rings is 1. The average Bonchev–Trinajstić information content (AvgIpc) is 2.89. The van der Waals surface area contributed by atoms with Crippen LogP contribution in [0.4, 0.5) is 5.69 Å². The maximum Gasteiger partial charge on any atom is 0.212 e. The number of hydrogen-bond donors (Lipinski definition) is 3. The lowest BCUT2D eigenvalue weighted by Gasteiger charge is -2.06. The summed E-state index contributed by atoms with van der Waals surface area (Å²) in [7, 11) is -3.29. The first-order valence-electron chi connectivity index (χ1n) is 5.99. The van der Waals surface area contributed by atoms with Gasteiger partial charge in [0.05, 0.1) is 18.0 Å². The molecule has 0 spiro atoms. The van der Waals surface area contributed by atoms with Crippen LogP contribution in [0, 0.1) is 0 Å². The van der Waals surface area contributed by atoms with Gasteiger partial charge >= 0.3 is 0 Å². The summed E-state index contributed by atoms with van der Waals surface area (Å²) < 4.78 is 26.1. The van der Waals surface area contributed by atoms with Crippen LogP contribution in [0.25, 0.3) is 0 Å². The van der Waals surface area contributed by atoms with Gasteiger partial charge in [0, 0.05) is 22.5 Å². The maximum absolute atomic E-state index is 11.8. The van der Waals surface area contributed by atoms with Gasteiger partial charge < -0.3 is 5.73 Å². The maximum atomic E-state index is 11.8. The van der Waals surface area contributed by atoms with Gasteiger partial charge in [0.1, 0.15) is 0 Å². The molecule has 1 aromatic heterocycles. The molecule has 1 aromatic carbocycles. The van der Waals surface area contributed by atoms with Gasteiger partial charge in [0.25, 0.3) is 0 Å². The van der Waals surface area contributed by atoms with Gasteiger partial charge in [-0.05, 0) is 24.3 Å². The Kier molecular flexibility index (Phi) is 5.05. The standard InChI is InChI=1S/C12H16N4O2S2/c13-10-2-1-3-12(8-10)19-6-7-20(17,18)15-9-11-4-5-14-16-11/h1-5,8,15H,6-7,9,13H2,(H,14,16). The first kappa shape index (κ1) is 14.9. The zero-order valence-electron chi connectivity index (χ0n) is 10.7. The number of hydrogen-bond acceptors (Lipinski definition) is 5. The molecule has 4 N–H and O–H groups in total. The molecule has 2 aromatic rings. The Morgan fingerprint density at radius 3 is 2.90 bits per heavy atom. The van der Waals surface area contributed by atoms with E-state index in [0.717, 1.165) is 10.6 Å². The van der Waals surface area contributed by atoms with Crippen molar-refractivity contribution in [2.75, 3.05) is 17.2 Å². The highest BCUT2D eigenvalue weighted by Crippen LogP contribution is 2.20. The van der Waals surface area contributed by atoms with E-state index in [2.05, 4.69) is 14.9 Å². The summed E-state index contributed by atoms with van der Waals surface area (Å²) in [6, 6.07) is 9.11. The van der Waals surface area contributed by atoms with Crippen LogP contribution < -0.4 is 10.5 Å². The van der Waals surface area contributed by atoms with E-state index in [1.807, 2.05) is 18.2 Å². The summed E-state index contributed by atoms with van der Waals surface area (Å²) in [6.45, 7) is 0.227. The topological polar surface area (TPSA) is 101 Å². The minimum absolute atomic E-state index is 0.0562. The van der Waals surface area contributed by atoms with Gasteiger partial charge in [-0.1, -0.05) is 6.07 Å². The molecular formula is C12H16N4O2S2. The molecule has 0 saturated carbocycles. The molecule has 1 heterocycles. The normalized spacial score (nSPS) is 11.6. The number of nitrogen functional groups attached to an aromatic ring is 1. The SMILES string of the molecule is Nc1cccc(SCCS(=O)(=O)NCc2ccn[nH]2)c1. The fraction of sp³-hybridized carbons (Fsp3) is 0.250. The molecule has 0 amide bonds. The van der Waals surface area contributed by atoms with Crippen LogP contribution in [0.1, 0.15) is 5.69 Å². The van der Waals surface area contributed by atoms with Gasteiger partial charge in [-0.15, -0.1) is 11.8 Å². The monoisotopic (exact) mass is 312 g/mol. The Morgan fingerprint density at radius 1 is 1.35 bits per heavy atom. The second-order valence-corrected chi connectivity index (χ2v) is 7.24. The predicted molar refractivity (Wildman–Crippen MR) is 80.8 cm³/mol. The molecule has 0 bridgehead atoms. The summed E-state index contributed by atoms with van der Waals surface area (Å²) in [4.78, 5) is 0.966. The Labute approximate surface area is 122 Å². The van der Waals surface area contributed by atoms with Crippen molar-refractivity contribution in [2.45, 2.75) is 11.4 Å². The van der Waals surface area contributed by atoms with E-state index >= 15 is 0 Å². The number of H-pyrrole nitrogens is 1. The van der Waals surface area contributed by atoms with Crippen LogP contribution in [-0.2, 0) is 16.6 Å². The van der Waals surface area contributed by atoms with E-state index in [9.17, 15) is 8.42 Å². The number of anilines is 1. The molecule has 0 fully saturated rings. The van der Waals surface area contributed by atoms with Crippen molar-refractivity contribution < 1.29 is 8.42 Å². The fourth-order valence-corrected chi connectivity index (χ4v) is 3.88. The second kappa shape index (κ2) is 6.78. The van der Waals surface area contributed by atoms with Crippen LogP contribution in [0.5, 0.6) is 0 Å². The van der Waals surface area contributed by atoms with Crippen molar-refractivity contribution in [3.8, 4) is 0 Å². The Morgan fingerprint density at radius 2 is 2.20 bits per heavy atom. The smallest absolute Gasteiger partial charge is 0.212 e. The quantitative estimate of drug-likeness (QED) is 0.527. The predicted octanol–water partition coefficient (Wildman–Crippen LogP) is 1.20. The summed E-state index contributed by atoms with van der Waals surface area (Å²) in [5.41, 5.74) is 7.07. The Balaban J connectivity index is 1.77. The molecule has 6 nitrogen and oxygen atoms in total. The zero-order valence-corrected chi connectivity index (χ0v) is 12.4. The molecule has 2 rings (SSSR count). The number of nitrogens with zero attached hydrogens (tertiary/aromatic N) is 1. The van der Waals surface area contributed by atoms with Crippen LogP contribution in [0.3, 0.4) is 0 Å². The number of rotatable bonds is 7. The third-order valence-corrected chi connectivity index (χ3v) is 5.10. The van der Waals surface area contributed by atoms with Gasteiger partial charge in [-0.3, -0.25) is 5.10 Å². The van der Waals surface area contributed by atoms with E-state index in [-0.39, 0.29) is 12.3 Å². The molecule has 0 aliphatic heterocycles. The van der Waals surface area contributed by atoms with Crippen molar-refractivity contribution in [1.82, 2.24) is 14.9 Å². The minimum Gasteiger partial charge on any atom is -0.399 e. The number of aromatic nitrogens is 2. The molecule has 0 aliphatic carbocycles. The highest BCUT2D eigenvalue weighted by molar-refractivity contribution is 8.00. The number of thioether (sulfide) groups is 1. The largest absolute Gasteiger partial charge is 0.399 e. The van der Waals surface area contributed by atoms with Gasteiger partial charge in [0.2, 0.25) is 10.0 Å². The van der Waals surface area contributed by atoms with E-state index in [1.165, 1.54) is 11.8 Å². The average molecular weight is 312 g/mol. The first-order chi connectivity index (χ1) is 9.55. The van der Waals surface area contributed by atoms with Crippen LogP contribution in [0.2, 0.25) is 0 Å². The lowest BCUT2D eigenvalue weighted by atomic mass is 10.3. The van der Waals surface area contributed by atoms with Crippen molar-refractivity contribution in [3.63, 3.8) is 0 Å². The summed E-state index contributed by atoms with van der Waals surface area (Å²) >= 11 is 1.47. The highest BCUT2D eigenvalue weighted by Gasteiger charge is 2.10. The van der Waals surface area contributed by atoms with Crippen molar-refractivity contribution in [3.05, 3.63) is 42.2 Å². The lowest BCUT2D eigenvalue weighted by Crippen LogP contribution is -2.27. The fourth-order valence-electron chi connectivity index (χ4n) is 1.52. The second-order valence-electron chi connectivity index (χ2n) is 4.14. The third-order valence-electron chi connectivity index (χ3n) is 2.52. The third kappa shape index (κ3) is 4.87. The number of sulfonamides is 1. The van der Waals surface area contributed by atoms with Crippen molar-refractivity contribution in [2.24, 2.45) is 0 Å². The first-order valence-corrected chi connectivity index (χ1v) is 8.63. The number of aromatic amines is 1. The molecule has 0 atom stereocenters. The van der Waals surface area contributed by atoms with Crippen molar-refractivity contribution >= 4 is 27.5 Å². The van der Waals surface area contributed by atoms with E-state index in [0.29, 0.717) is 11.4 Å². The molecular weight excluding hydrogens is 296 g/mol. The highest BCUT2D eigenvalue weighted by atomic mass is 32.2. The van der Waals surface area contributed by atoms with Crippen LogP contribution in [0.15, 0.2) is 41.4 Å². The zero-order chi connectivity index (χ0) is 14.4. The lowest BCUT2D eigenvalue weighted by molar-refractivity contribution is 0.582. The number of nitrogens with two attached hydrogens (primary N) is 1. The van der Waals surface area contributed by atoms with Crippen LogP contribution >= 0.6 is 11.8 Å². The minimum atomic E-state index is -3.29. The van der Waals surface area contributed by atoms with E-state index < -0.39 is 10.0 Å². The van der Waals surface area contributed by atoms with Gasteiger partial charge in [-0.2, -0.15) is 5.10 Å². The summed E-state index contributed by atoms with van der Waals surface area (Å²) in [5, 5.41) is 6.46. The molecule has 0 radical (unpaired) electrons. The Hall–Kier alpha value is -1.51. The molecule has 20 heavy (non-hydrogen) atoms. The molecule has 108 valence electrons. The van der Waals surface area contributed by atoms with Gasteiger partial charge in [-0.25, -0.2) is 13.1 Å². The molecule has 8 heteroatoms. The van der Waals surface area contributed by atoms with Crippen molar-refractivity contribution in [1.29, 1.82) is 0 Å². The molecule has 0 aliphatic rings. The van der Waals surface area contributed by atoms with E-state index in [1.54, 1.807) is 18.3 Å². The van der Waals surface area contributed by atoms with E-state index in [4.69, 9.17) is 5.73 Å².